The van der Waals surface area contributed by atoms with Gasteiger partial charge in [0.15, 0.2) is 0 Å². The van der Waals surface area contributed by atoms with E-state index in [0.29, 0.717) is 0 Å². The van der Waals surface area contributed by atoms with Gasteiger partial charge < -0.3 is 0 Å². The number of hydrogen-bond acceptors (Lipinski definition) is 2. The quantitative estimate of drug-likeness (QED) is 0.676. The second-order valence-electron chi connectivity index (χ2n) is 2.14. The molecule has 0 aromatic heterocycles. The zero-order valence-electron chi connectivity index (χ0n) is 6.12. The van der Waals surface area contributed by atoms with Crippen molar-refractivity contribution in [1.82, 2.24) is 9.84 Å². The molecule has 1 rings (SSSR count). The fourth-order valence-electron chi connectivity index (χ4n) is 0.985. The Morgan fingerprint density at radius 2 is 1.36 bits per heavy atom. The van der Waals surface area contributed by atoms with Gasteiger partial charge in [0, 0.05) is 25.9 Å². The highest BCUT2D eigenvalue weighted by atomic mass is 32.1. The standard InChI is InChI=1S/C5H11N2S.3FH/c8-6-7-4-2-1-3-5-7;;;/h6H,1-5H2;3*1H. The summed E-state index contributed by atoms with van der Waals surface area (Å²) in [7, 11) is 0. The van der Waals surface area contributed by atoms with Crippen molar-refractivity contribution >= 4 is 12.8 Å². The van der Waals surface area contributed by atoms with Crippen LogP contribution in [-0.2, 0) is 0 Å². The summed E-state index contributed by atoms with van der Waals surface area (Å²) < 4.78 is 0. The van der Waals surface area contributed by atoms with Gasteiger partial charge in [-0.1, -0.05) is 6.42 Å². The van der Waals surface area contributed by atoms with Gasteiger partial charge in [0.2, 0.25) is 0 Å². The molecular formula is C5H14F3N2S. The summed E-state index contributed by atoms with van der Waals surface area (Å²) in [6.07, 6.45) is 3.96. The van der Waals surface area contributed by atoms with Gasteiger partial charge in [-0.15, -0.1) is 0 Å². The largest absolute Gasteiger partial charge is 0.269 e. The molecule has 6 heteroatoms. The molecule has 1 aliphatic heterocycles. The molecular weight excluding hydrogens is 177 g/mol. The third kappa shape index (κ3) is 6.46. The van der Waals surface area contributed by atoms with Gasteiger partial charge in [0.05, 0.1) is 0 Å². The highest BCUT2D eigenvalue weighted by molar-refractivity contribution is 7.78. The Bertz CT molecular complexity index is 70.7. The molecule has 1 aliphatic rings. The van der Waals surface area contributed by atoms with Crippen molar-refractivity contribution in [2.45, 2.75) is 19.3 Å². The predicted molar refractivity (Wildman–Crippen MR) is 43.7 cm³/mol. The monoisotopic (exact) mass is 191 g/mol. The molecule has 0 bridgehead atoms. The zero-order valence-corrected chi connectivity index (χ0v) is 6.93. The van der Waals surface area contributed by atoms with Gasteiger partial charge in [0.1, 0.15) is 0 Å². The van der Waals surface area contributed by atoms with Crippen LogP contribution in [0.5, 0.6) is 0 Å². The van der Waals surface area contributed by atoms with Crippen molar-refractivity contribution in [3.8, 4) is 0 Å². The van der Waals surface area contributed by atoms with Crippen LogP contribution in [0.15, 0.2) is 0 Å². The summed E-state index contributed by atoms with van der Waals surface area (Å²) in [6.45, 7) is 2.26. The van der Waals surface area contributed by atoms with E-state index in [2.05, 4.69) is 22.7 Å². The lowest BCUT2D eigenvalue weighted by Crippen LogP contribution is -2.36. The van der Waals surface area contributed by atoms with Crippen molar-refractivity contribution in [3.05, 3.63) is 0 Å². The maximum absolute atomic E-state index is 4.65. The third-order valence-corrected chi connectivity index (χ3v) is 1.74. The average Bonchev–Trinajstić information content (AvgIpc) is 1.90. The zero-order chi connectivity index (χ0) is 5.82. The van der Waals surface area contributed by atoms with Crippen LogP contribution in [0, 0.1) is 0 Å². The van der Waals surface area contributed by atoms with E-state index in [9.17, 15) is 0 Å². The normalized spacial score (nSPS) is 17.2. The molecule has 0 unspecified atom stereocenters. The Morgan fingerprint density at radius 1 is 0.909 bits per heavy atom. The molecule has 0 aliphatic carbocycles. The van der Waals surface area contributed by atoms with Crippen LogP contribution >= 0.6 is 12.8 Å². The lowest BCUT2D eigenvalue weighted by Gasteiger charge is -2.23. The van der Waals surface area contributed by atoms with Crippen LogP contribution < -0.4 is 4.83 Å². The molecule has 0 aromatic carbocycles. The molecule has 0 saturated carbocycles. The van der Waals surface area contributed by atoms with Crippen molar-refractivity contribution < 1.29 is 14.1 Å². The van der Waals surface area contributed by atoms with Crippen LogP contribution in [-0.4, -0.2) is 18.1 Å². The number of nitrogens with zero attached hydrogens (tertiary/aromatic N) is 1. The van der Waals surface area contributed by atoms with Crippen LogP contribution in [0.2, 0.25) is 0 Å². The smallest absolute Gasteiger partial charge is 0.0218 e. The van der Waals surface area contributed by atoms with Crippen LogP contribution in [0.1, 0.15) is 19.3 Å². The maximum Gasteiger partial charge on any atom is 0.0218 e. The van der Waals surface area contributed by atoms with Gasteiger partial charge in [-0.25, -0.2) is 5.01 Å². The van der Waals surface area contributed by atoms with Gasteiger partial charge in [0.25, 0.3) is 0 Å². The minimum absolute atomic E-state index is 0. The number of hydrogen-bond donors (Lipinski definition) is 1. The molecule has 0 amide bonds. The summed E-state index contributed by atoms with van der Waals surface area (Å²) >= 11 is 4.65. The summed E-state index contributed by atoms with van der Waals surface area (Å²) in [5.74, 6) is 0. The van der Waals surface area contributed by atoms with Gasteiger partial charge in [-0.05, 0) is 12.8 Å². The molecule has 1 fully saturated rings. The second kappa shape index (κ2) is 10.1. The Balaban J connectivity index is -0.000000213. The van der Waals surface area contributed by atoms with Crippen molar-refractivity contribution in [2.75, 3.05) is 13.1 Å². The van der Waals surface area contributed by atoms with Gasteiger partial charge in [-0.2, -0.15) is 4.83 Å². The number of piperidine rings is 1. The molecule has 1 heterocycles. The van der Waals surface area contributed by atoms with Crippen molar-refractivity contribution in [3.63, 3.8) is 0 Å². The lowest BCUT2D eigenvalue weighted by atomic mass is 10.2. The van der Waals surface area contributed by atoms with E-state index < -0.39 is 0 Å². The van der Waals surface area contributed by atoms with Crippen LogP contribution in [0.4, 0.5) is 14.1 Å². The molecule has 2 nitrogen and oxygen atoms in total. The molecule has 1 saturated heterocycles. The first kappa shape index (κ1) is 17.2. The topological polar surface area (TPSA) is 15.3 Å². The molecule has 11 heavy (non-hydrogen) atoms. The Morgan fingerprint density at radius 3 is 1.64 bits per heavy atom. The van der Waals surface area contributed by atoms with E-state index in [1.807, 2.05) is 0 Å². The van der Waals surface area contributed by atoms with Gasteiger partial charge >= 0.3 is 0 Å². The SMILES string of the molecule is F.F.F.[S]NN1CCCCC1. The van der Waals surface area contributed by atoms with Crippen LogP contribution in [0.3, 0.4) is 0 Å². The minimum atomic E-state index is 0. The molecule has 1 radical (unpaired) electrons. The first-order valence-corrected chi connectivity index (χ1v) is 3.47. The van der Waals surface area contributed by atoms with Crippen LogP contribution in [0.25, 0.3) is 0 Å². The van der Waals surface area contributed by atoms with E-state index in [0.717, 1.165) is 13.1 Å². The summed E-state index contributed by atoms with van der Waals surface area (Å²) in [6, 6.07) is 0. The Kier molecular flexibility index (Phi) is 15.8. The predicted octanol–water partition coefficient (Wildman–Crippen LogP) is 1.55. The minimum Gasteiger partial charge on any atom is -0.269 e. The van der Waals surface area contributed by atoms with E-state index in [1.165, 1.54) is 19.3 Å². The summed E-state index contributed by atoms with van der Waals surface area (Å²) in [5.41, 5.74) is 0. The Labute approximate surface area is 69.9 Å². The van der Waals surface area contributed by atoms with E-state index >= 15 is 0 Å². The second-order valence-corrected chi connectivity index (χ2v) is 2.32. The molecule has 1 N–H and O–H groups in total. The van der Waals surface area contributed by atoms with E-state index in [4.69, 9.17) is 0 Å². The fourth-order valence-corrected chi connectivity index (χ4v) is 1.17. The molecule has 0 aromatic rings. The van der Waals surface area contributed by atoms with Crippen molar-refractivity contribution in [1.29, 1.82) is 0 Å². The number of halogens is 3. The fraction of sp³-hybridized carbons (Fsp3) is 1.00. The maximum atomic E-state index is 4.65. The van der Waals surface area contributed by atoms with Crippen molar-refractivity contribution in [2.24, 2.45) is 0 Å². The number of hydrazine groups is 1. The van der Waals surface area contributed by atoms with Gasteiger partial charge in [-0.3, -0.25) is 14.1 Å². The molecule has 0 spiro atoms. The first-order valence-electron chi connectivity index (χ1n) is 3.06. The van der Waals surface area contributed by atoms with E-state index in [-0.39, 0.29) is 14.1 Å². The summed E-state index contributed by atoms with van der Waals surface area (Å²) in [5, 5.41) is 2.08. The first-order chi connectivity index (χ1) is 3.93. The third-order valence-electron chi connectivity index (χ3n) is 1.49. The molecule has 0 atom stereocenters. The lowest BCUT2D eigenvalue weighted by molar-refractivity contribution is 0.209. The summed E-state index contributed by atoms with van der Waals surface area (Å²) in [4.78, 5) is 2.72. The average molecular weight is 191 g/mol. The Hall–Kier alpha value is 0.0600. The number of nitrogens with one attached hydrogen (secondary N) is 1. The van der Waals surface area contributed by atoms with E-state index in [1.54, 1.807) is 0 Å². The highest BCUT2D eigenvalue weighted by Crippen LogP contribution is 2.05. The highest BCUT2D eigenvalue weighted by Gasteiger charge is 2.06. The number of rotatable bonds is 1. The molecule has 71 valence electrons.